The van der Waals surface area contributed by atoms with Crippen molar-refractivity contribution >= 4 is 23.1 Å². The number of benzene rings is 2. The lowest BCUT2D eigenvalue weighted by molar-refractivity contribution is 0.262. The minimum atomic E-state index is -0.296. The van der Waals surface area contributed by atoms with Gasteiger partial charge in [-0.15, -0.1) is 10.2 Å². The Hall–Kier alpha value is -3.74. The normalized spacial score (nSPS) is 10.7. The van der Waals surface area contributed by atoms with E-state index in [0.717, 1.165) is 28.3 Å². The second kappa shape index (κ2) is 6.87. The topological polar surface area (TPSA) is 84.2 Å². The van der Waals surface area contributed by atoms with Crippen LogP contribution in [0, 0.1) is 13.8 Å². The number of carbonyl (C=O) groups excluding carboxylic acids is 1. The van der Waals surface area contributed by atoms with Gasteiger partial charge in [-0.3, -0.25) is 0 Å². The Kier molecular flexibility index (Phi) is 4.25. The van der Waals surface area contributed by atoms with E-state index in [0.29, 0.717) is 11.3 Å². The largest absolute Gasteiger partial charge is 0.323 e. The summed E-state index contributed by atoms with van der Waals surface area (Å²) in [5, 5.41) is 18.3. The first kappa shape index (κ1) is 16.7. The van der Waals surface area contributed by atoms with Crippen molar-refractivity contribution in [1.29, 1.82) is 0 Å². The van der Waals surface area contributed by atoms with E-state index in [1.807, 2.05) is 74.5 Å². The highest BCUT2D eigenvalue weighted by Gasteiger charge is 2.08. The summed E-state index contributed by atoms with van der Waals surface area (Å²) in [6.07, 6.45) is 0. The van der Waals surface area contributed by atoms with E-state index in [4.69, 9.17) is 0 Å². The third-order valence-corrected chi connectivity index (χ3v) is 4.11. The van der Waals surface area contributed by atoms with Gasteiger partial charge in [0.25, 0.3) is 0 Å². The second-order valence-corrected chi connectivity index (χ2v) is 6.27. The molecular weight excluding hydrogens is 340 g/mol. The van der Waals surface area contributed by atoms with Gasteiger partial charge in [0.05, 0.1) is 5.69 Å². The fraction of sp³-hybridized carbons (Fsp3) is 0.100. The number of rotatable bonds is 3. The first-order valence-electron chi connectivity index (χ1n) is 8.53. The zero-order valence-corrected chi connectivity index (χ0v) is 15.0. The van der Waals surface area contributed by atoms with E-state index in [2.05, 4.69) is 25.9 Å². The monoisotopic (exact) mass is 358 g/mol. The zero-order chi connectivity index (χ0) is 18.8. The molecule has 134 valence electrons. The molecule has 0 atom stereocenters. The van der Waals surface area contributed by atoms with Crippen molar-refractivity contribution in [2.45, 2.75) is 13.8 Å². The van der Waals surface area contributed by atoms with Crippen molar-refractivity contribution in [3.63, 3.8) is 0 Å². The number of nitrogens with one attached hydrogen (secondary N) is 2. The molecule has 2 heterocycles. The van der Waals surface area contributed by atoms with Gasteiger partial charge in [-0.2, -0.15) is 9.61 Å². The lowest BCUT2D eigenvalue weighted by Gasteiger charge is -2.09. The maximum atomic E-state index is 12.3. The highest BCUT2D eigenvalue weighted by Crippen LogP contribution is 2.21. The fourth-order valence-corrected chi connectivity index (χ4v) is 2.82. The van der Waals surface area contributed by atoms with Crippen LogP contribution in [0.4, 0.5) is 16.2 Å². The van der Waals surface area contributed by atoms with Gasteiger partial charge in [0.2, 0.25) is 0 Å². The lowest BCUT2D eigenvalue weighted by atomic mass is 10.1. The van der Waals surface area contributed by atoms with Crippen LogP contribution in [0.3, 0.4) is 0 Å². The van der Waals surface area contributed by atoms with Crippen LogP contribution in [-0.4, -0.2) is 25.8 Å². The van der Waals surface area contributed by atoms with Crippen LogP contribution in [0.2, 0.25) is 0 Å². The highest BCUT2D eigenvalue weighted by atomic mass is 16.2. The number of nitrogens with zero attached hydrogens (tertiary/aromatic N) is 4. The van der Waals surface area contributed by atoms with Crippen molar-refractivity contribution in [3.8, 4) is 11.3 Å². The minimum Gasteiger partial charge on any atom is -0.308 e. The van der Waals surface area contributed by atoms with Crippen LogP contribution >= 0.6 is 0 Å². The number of anilines is 2. The molecule has 2 aromatic heterocycles. The summed E-state index contributed by atoms with van der Waals surface area (Å²) in [5.41, 5.74) is 4.87. The maximum absolute atomic E-state index is 12.3. The summed E-state index contributed by atoms with van der Waals surface area (Å²) in [7, 11) is 0. The van der Waals surface area contributed by atoms with Crippen LogP contribution in [0.5, 0.6) is 0 Å². The molecule has 0 aliphatic rings. The molecule has 2 amide bonds. The van der Waals surface area contributed by atoms with Gasteiger partial charge in [0, 0.05) is 16.9 Å². The first-order valence-corrected chi connectivity index (χ1v) is 8.53. The standard InChI is InChI=1S/C20H18N6O/c1-13-5-3-7-16(11-13)21-20(27)22-17-8-4-6-15(12-17)18-9-10-19-24-23-14(2)26(19)25-18/h3-12H,1-2H3,(H2,21,22,27). The van der Waals surface area contributed by atoms with Crippen molar-refractivity contribution in [2.24, 2.45) is 0 Å². The van der Waals surface area contributed by atoms with Crippen LogP contribution in [0.1, 0.15) is 11.4 Å². The zero-order valence-electron chi connectivity index (χ0n) is 15.0. The number of hydrogen-bond acceptors (Lipinski definition) is 4. The van der Waals surface area contributed by atoms with Gasteiger partial charge >= 0.3 is 6.03 Å². The quantitative estimate of drug-likeness (QED) is 0.579. The molecular formula is C20H18N6O. The Morgan fingerprint density at radius 1 is 0.889 bits per heavy atom. The molecule has 4 rings (SSSR count). The second-order valence-electron chi connectivity index (χ2n) is 6.27. The molecule has 0 fully saturated rings. The molecule has 2 N–H and O–H groups in total. The summed E-state index contributed by atoms with van der Waals surface area (Å²) in [6, 6.07) is 18.6. The van der Waals surface area contributed by atoms with Crippen LogP contribution in [-0.2, 0) is 0 Å². The molecule has 0 aliphatic carbocycles. The Morgan fingerprint density at radius 3 is 2.41 bits per heavy atom. The number of aromatic nitrogens is 4. The molecule has 0 radical (unpaired) electrons. The summed E-state index contributed by atoms with van der Waals surface area (Å²) in [4.78, 5) is 12.3. The summed E-state index contributed by atoms with van der Waals surface area (Å²) < 4.78 is 1.69. The molecule has 4 aromatic rings. The highest BCUT2D eigenvalue weighted by molar-refractivity contribution is 6.00. The Balaban J connectivity index is 1.54. The molecule has 0 saturated carbocycles. The number of amides is 2. The van der Waals surface area contributed by atoms with Gasteiger partial charge in [0.15, 0.2) is 11.5 Å². The van der Waals surface area contributed by atoms with Crippen molar-refractivity contribution in [3.05, 3.63) is 72.1 Å². The molecule has 0 saturated heterocycles. The average molecular weight is 358 g/mol. The molecule has 7 nitrogen and oxygen atoms in total. The van der Waals surface area contributed by atoms with E-state index in [9.17, 15) is 4.79 Å². The molecule has 0 aliphatic heterocycles. The van der Waals surface area contributed by atoms with Crippen LogP contribution in [0.25, 0.3) is 16.9 Å². The van der Waals surface area contributed by atoms with E-state index in [1.165, 1.54) is 0 Å². The smallest absolute Gasteiger partial charge is 0.308 e. The number of carbonyl (C=O) groups is 1. The van der Waals surface area contributed by atoms with Gasteiger partial charge < -0.3 is 10.6 Å². The third-order valence-electron chi connectivity index (χ3n) is 4.11. The van der Waals surface area contributed by atoms with E-state index in [-0.39, 0.29) is 6.03 Å². The van der Waals surface area contributed by atoms with Gasteiger partial charge in [-0.25, -0.2) is 4.79 Å². The minimum absolute atomic E-state index is 0.296. The fourth-order valence-electron chi connectivity index (χ4n) is 2.82. The Bertz CT molecular complexity index is 1130. The van der Waals surface area contributed by atoms with E-state index in [1.54, 1.807) is 4.52 Å². The molecule has 2 aromatic carbocycles. The molecule has 0 bridgehead atoms. The first-order chi connectivity index (χ1) is 13.1. The number of hydrogen-bond donors (Lipinski definition) is 2. The lowest BCUT2D eigenvalue weighted by Crippen LogP contribution is -2.19. The summed E-state index contributed by atoms with van der Waals surface area (Å²) in [5.74, 6) is 0.721. The van der Waals surface area contributed by atoms with Gasteiger partial charge in [-0.1, -0.05) is 24.3 Å². The maximum Gasteiger partial charge on any atom is 0.323 e. The average Bonchev–Trinajstić information content (AvgIpc) is 3.02. The molecule has 0 unspecified atom stereocenters. The molecule has 27 heavy (non-hydrogen) atoms. The summed E-state index contributed by atoms with van der Waals surface area (Å²) in [6.45, 7) is 3.83. The van der Waals surface area contributed by atoms with Gasteiger partial charge in [-0.05, 0) is 55.8 Å². The Morgan fingerprint density at radius 2 is 1.63 bits per heavy atom. The molecule has 0 spiro atoms. The third kappa shape index (κ3) is 3.62. The molecule has 7 heteroatoms. The predicted octanol–water partition coefficient (Wildman–Crippen LogP) is 4.05. The van der Waals surface area contributed by atoms with Crippen LogP contribution < -0.4 is 10.6 Å². The van der Waals surface area contributed by atoms with Crippen LogP contribution in [0.15, 0.2) is 60.7 Å². The Labute approximate surface area is 156 Å². The number of aryl methyl sites for hydroxylation is 2. The van der Waals surface area contributed by atoms with E-state index >= 15 is 0 Å². The van der Waals surface area contributed by atoms with E-state index < -0.39 is 0 Å². The number of fused-ring (bicyclic) bond motifs is 1. The number of urea groups is 1. The van der Waals surface area contributed by atoms with Crippen molar-refractivity contribution in [2.75, 3.05) is 10.6 Å². The van der Waals surface area contributed by atoms with Crippen molar-refractivity contribution in [1.82, 2.24) is 19.8 Å². The van der Waals surface area contributed by atoms with Gasteiger partial charge in [0.1, 0.15) is 0 Å². The SMILES string of the molecule is Cc1cccc(NC(=O)Nc2cccc(-c3ccc4nnc(C)n4n3)c2)c1. The summed E-state index contributed by atoms with van der Waals surface area (Å²) >= 11 is 0. The predicted molar refractivity (Wildman–Crippen MR) is 105 cm³/mol. The van der Waals surface area contributed by atoms with Crippen molar-refractivity contribution < 1.29 is 4.79 Å².